The van der Waals surface area contributed by atoms with Gasteiger partial charge in [-0.25, -0.2) is 13.2 Å². The zero-order valence-corrected chi connectivity index (χ0v) is 21.6. The van der Waals surface area contributed by atoms with E-state index in [-0.39, 0.29) is 4.90 Å². The van der Waals surface area contributed by atoms with Gasteiger partial charge in [-0.05, 0) is 80.5 Å². The first-order valence-corrected chi connectivity index (χ1v) is 13.7. The molecule has 0 spiro atoms. The van der Waals surface area contributed by atoms with Gasteiger partial charge >= 0.3 is 5.97 Å². The fourth-order valence-corrected chi connectivity index (χ4v) is 6.91. The minimum absolute atomic E-state index is 0.0906. The quantitative estimate of drug-likeness (QED) is 0.456. The number of carbonyl (C=O) groups is 2. The molecule has 0 bridgehead atoms. The topological polar surface area (TPSA) is 92.8 Å². The number of hydrogen-bond acceptors (Lipinski definition) is 6. The Labute approximate surface area is 209 Å². The summed E-state index contributed by atoms with van der Waals surface area (Å²) in [6, 6.07) is 13.3. The number of nitrogens with one attached hydrogen (secondary N) is 1. The number of carbonyl (C=O) groups excluding carboxylic acids is 2. The number of nitrogens with zero attached hydrogens (tertiary/aromatic N) is 1. The highest BCUT2D eigenvalue weighted by Crippen LogP contribution is 2.38. The molecule has 35 heavy (non-hydrogen) atoms. The van der Waals surface area contributed by atoms with Crippen molar-refractivity contribution < 1.29 is 22.7 Å². The number of anilines is 2. The normalized spacial score (nSPS) is 13.1. The van der Waals surface area contributed by atoms with Crippen LogP contribution in [0, 0.1) is 13.8 Å². The summed E-state index contributed by atoms with van der Waals surface area (Å²) in [4.78, 5) is 26.9. The van der Waals surface area contributed by atoms with Crippen molar-refractivity contribution in [2.45, 2.75) is 44.4 Å². The van der Waals surface area contributed by atoms with Gasteiger partial charge in [-0.1, -0.05) is 24.3 Å². The molecule has 0 saturated carbocycles. The van der Waals surface area contributed by atoms with Gasteiger partial charge in [0.05, 0.1) is 23.3 Å². The molecule has 1 aliphatic carbocycles. The second-order valence-electron chi connectivity index (χ2n) is 8.55. The van der Waals surface area contributed by atoms with Crippen LogP contribution in [0.1, 0.15) is 44.8 Å². The van der Waals surface area contributed by atoms with E-state index in [0.29, 0.717) is 16.3 Å². The van der Waals surface area contributed by atoms with Crippen LogP contribution < -0.4 is 9.62 Å². The van der Waals surface area contributed by atoms with Crippen LogP contribution in [-0.2, 0) is 32.4 Å². The average molecular weight is 513 g/mol. The van der Waals surface area contributed by atoms with E-state index in [1.165, 1.54) is 30.6 Å². The summed E-state index contributed by atoms with van der Waals surface area (Å²) in [5.41, 5.74) is 3.62. The molecule has 0 aliphatic heterocycles. The largest absolute Gasteiger partial charge is 0.465 e. The Morgan fingerprint density at radius 2 is 1.74 bits per heavy atom. The molecule has 1 aliphatic rings. The van der Waals surface area contributed by atoms with E-state index < -0.39 is 28.4 Å². The van der Waals surface area contributed by atoms with Gasteiger partial charge in [-0.2, -0.15) is 0 Å². The number of ether oxygens (including phenoxy) is 1. The first-order valence-electron chi connectivity index (χ1n) is 11.4. The Hall–Kier alpha value is -3.17. The third kappa shape index (κ3) is 5.11. The summed E-state index contributed by atoms with van der Waals surface area (Å²) in [5, 5.41) is 3.21. The smallest absolute Gasteiger partial charge is 0.341 e. The fourth-order valence-electron chi connectivity index (χ4n) is 4.18. The second-order valence-corrected chi connectivity index (χ2v) is 11.5. The van der Waals surface area contributed by atoms with Crippen molar-refractivity contribution in [2.24, 2.45) is 0 Å². The molecule has 9 heteroatoms. The molecule has 184 valence electrons. The first kappa shape index (κ1) is 24.9. The maximum Gasteiger partial charge on any atom is 0.341 e. The third-order valence-corrected chi connectivity index (χ3v) is 9.21. The Bertz CT molecular complexity index is 1360. The predicted octanol–water partition coefficient (Wildman–Crippen LogP) is 4.86. The van der Waals surface area contributed by atoms with Gasteiger partial charge in [0.1, 0.15) is 11.5 Å². The van der Waals surface area contributed by atoms with Crippen LogP contribution in [0.4, 0.5) is 10.7 Å². The molecular formula is C26H28N2O5S2. The van der Waals surface area contributed by atoms with Gasteiger partial charge < -0.3 is 10.1 Å². The minimum Gasteiger partial charge on any atom is -0.465 e. The number of thiophene rings is 1. The van der Waals surface area contributed by atoms with Crippen molar-refractivity contribution in [3.63, 3.8) is 0 Å². The standard InChI is InChI=1S/C26H28N2O5S2/c1-17-13-14-19(15-18(17)2)28(35(31,32)20-9-5-4-6-10-20)16-23(29)27-25-24(26(30)33-3)21-11-7-8-12-22(21)34-25/h4-6,9-10,13-15H,7-8,11-12,16H2,1-3H3,(H,27,29). The molecule has 3 aromatic rings. The van der Waals surface area contributed by atoms with E-state index in [1.54, 1.807) is 30.3 Å². The monoisotopic (exact) mass is 512 g/mol. The van der Waals surface area contributed by atoms with Gasteiger partial charge in [0.2, 0.25) is 5.91 Å². The highest BCUT2D eigenvalue weighted by atomic mass is 32.2. The van der Waals surface area contributed by atoms with Crippen LogP contribution in [0.5, 0.6) is 0 Å². The molecule has 0 atom stereocenters. The average Bonchev–Trinajstić information content (AvgIpc) is 3.22. The van der Waals surface area contributed by atoms with Crippen LogP contribution in [0.15, 0.2) is 53.4 Å². The molecule has 1 amide bonds. The zero-order valence-electron chi connectivity index (χ0n) is 20.0. The zero-order chi connectivity index (χ0) is 25.2. The number of benzene rings is 2. The maximum atomic E-state index is 13.6. The molecule has 0 radical (unpaired) electrons. The molecule has 1 heterocycles. The fraction of sp³-hybridized carbons (Fsp3) is 0.308. The lowest BCUT2D eigenvalue weighted by atomic mass is 9.95. The number of rotatable bonds is 7. The molecular weight excluding hydrogens is 484 g/mol. The SMILES string of the molecule is COC(=O)c1c(NC(=O)CN(c2ccc(C)c(C)c2)S(=O)(=O)c2ccccc2)sc2c1CCCC2. The molecule has 7 nitrogen and oxygen atoms in total. The number of methoxy groups -OCH3 is 1. The van der Waals surface area contributed by atoms with Crippen LogP contribution in [-0.4, -0.2) is 33.9 Å². The van der Waals surface area contributed by atoms with Crippen molar-refractivity contribution in [3.8, 4) is 0 Å². The highest BCUT2D eigenvalue weighted by Gasteiger charge is 2.30. The summed E-state index contributed by atoms with van der Waals surface area (Å²) in [7, 11) is -2.71. The Morgan fingerprint density at radius 3 is 2.43 bits per heavy atom. The van der Waals surface area contributed by atoms with Gasteiger partial charge in [-0.15, -0.1) is 11.3 Å². The van der Waals surface area contributed by atoms with E-state index in [4.69, 9.17) is 4.74 Å². The number of esters is 1. The lowest BCUT2D eigenvalue weighted by Gasteiger charge is -2.24. The highest BCUT2D eigenvalue weighted by molar-refractivity contribution is 7.92. The van der Waals surface area contributed by atoms with Crippen molar-refractivity contribution in [3.05, 3.63) is 75.7 Å². The Kier molecular flexibility index (Phi) is 7.28. The Morgan fingerprint density at radius 1 is 1.03 bits per heavy atom. The second kappa shape index (κ2) is 10.2. The van der Waals surface area contributed by atoms with E-state index in [9.17, 15) is 18.0 Å². The van der Waals surface area contributed by atoms with E-state index >= 15 is 0 Å². The van der Waals surface area contributed by atoms with Crippen molar-refractivity contribution >= 4 is 43.9 Å². The number of amides is 1. The molecule has 0 saturated heterocycles. The summed E-state index contributed by atoms with van der Waals surface area (Å²) in [5.74, 6) is -1.03. The van der Waals surface area contributed by atoms with Gasteiger partial charge in [-0.3, -0.25) is 9.10 Å². The summed E-state index contributed by atoms with van der Waals surface area (Å²) < 4.78 is 33.2. The number of sulfonamides is 1. The molecule has 0 fully saturated rings. The number of hydrogen-bond donors (Lipinski definition) is 1. The van der Waals surface area contributed by atoms with E-state index in [1.807, 2.05) is 19.9 Å². The lowest BCUT2D eigenvalue weighted by molar-refractivity contribution is -0.114. The van der Waals surface area contributed by atoms with Crippen LogP contribution in [0.25, 0.3) is 0 Å². The maximum absolute atomic E-state index is 13.6. The first-order chi connectivity index (χ1) is 16.7. The van der Waals surface area contributed by atoms with Crippen LogP contribution >= 0.6 is 11.3 Å². The van der Waals surface area contributed by atoms with Crippen LogP contribution in [0.3, 0.4) is 0 Å². The van der Waals surface area contributed by atoms with Gasteiger partial charge in [0.15, 0.2) is 0 Å². The molecule has 1 aromatic heterocycles. The molecule has 4 rings (SSSR count). The number of fused-ring (bicyclic) bond motifs is 1. The summed E-state index contributed by atoms with van der Waals surface area (Å²) >= 11 is 1.36. The van der Waals surface area contributed by atoms with E-state index in [2.05, 4.69) is 5.32 Å². The molecule has 2 aromatic carbocycles. The van der Waals surface area contributed by atoms with Crippen molar-refractivity contribution in [1.29, 1.82) is 0 Å². The third-order valence-electron chi connectivity index (χ3n) is 6.21. The number of aryl methyl sites for hydroxylation is 3. The minimum atomic E-state index is -4.02. The van der Waals surface area contributed by atoms with Gasteiger partial charge in [0.25, 0.3) is 10.0 Å². The lowest BCUT2D eigenvalue weighted by Crippen LogP contribution is -2.38. The Balaban J connectivity index is 1.69. The molecule has 1 N–H and O–H groups in total. The predicted molar refractivity (Wildman–Crippen MR) is 138 cm³/mol. The van der Waals surface area contributed by atoms with Crippen LogP contribution in [0.2, 0.25) is 0 Å². The van der Waals surface area contributed by atoms with E-state index in [0.717, 1.165) is 51.6 Å². The summed E-state index contributed by atoms with van der Waals surface area (Å²) in [6.45, 7) is 3.39. The molecule has 0 unspecified atom stereocenters. The summed E-state index contributed by atoms with van der Waals surface area (Å²) in [6.07, 6.45) is 3.59. The van der Waals surface area contributed by atoms with Crippen molar-refractivity contribution in [1.82, 2.24) is 0 Å². The van der Waals surface area contributed by atoms with Crippen molar-refractivity contribution in [2.75, 3.05) is 23.3 Å². The van der Waals surface area contributed by atoms with Gasteiger partial charge in [0, 0.05) is 4.88 Å².